The first kappa shape index (κ1) is 14.3. The number of carbonyl (C=O) groups excluding carboxylic acids is 1. The fourth-order valence-corrected chi connectivity index (χ4v) is 1.58. The molecule has 1 aromatic rings. The summed E-state index contributed by atoms with van der Waals surface area (Å²) in [7, 11) is 1.73. The van der Waals surface area contributed by atoms with Crippen molar-refractivity contribution in [3.63, 3.8) is 0 Å². The van der Waals surface area contributed by atoms with Crippen molar-refractivity contribution in [2.45, 2.75) is 32.2 Å². The summed E-state index contributed by atoms with van der Waals surface area (Å²) < 4.78 is 5.34. The number of amides is 1. The summed E-state index contributed by atoms with van der Waals surface area (Å²) in [5.74, 6) is 0.357. The molecule has 0 aromatic carbocycles. The minimum absolute atomic E-state index is 0.0509. The summed E-state index contributed by atoms with van der Waals surface area (Å²) in [4.78, 5) is 25.4. The molecule has 0 saturated heterocycles. The average molecular weight is 280 g/mol. The van der Waals surface area contributed by atoms with Crippen molar-refractivity contribution >= 4 is 17.8 Å². The molecule has 8 heteroatoms. The standard InChI is InChI=1S/C12H20N6O2/c1-3-6-20-12-16-10(13)15-11(17-12)18(2)7-9(19)14-8-4-5-8/h8H,3-7H2,1-2H3,(H,14,19)(H2,13,15,16,17). The highest BCUT2D eigenvalue weighted by Crippen LogP contribution is 2.18. The Morgan fingerprint density at radius 1 is 1.45 bits per heavy atom. The molecule has 0 bridgehead atoms. The van der Waals surface area contributed by atoms with Gasteiger partial charge in [0.2, 0.25) is 17.8 Å². The van der Waals surface area contributed by atoms with Crippen molar-refractivity contribution in [2.75, 3.05) is 30.8 Å². The molecule has 1 saturated carbocycles. The van der Waals surface area contributed by atoms with Gasteiger partial charge in [0.1, 0.15) is 0 Å². The Kier molecular flexibility index (Phi) is 4.54. The van der Waals surface area contributed by atoms with E-state index in [0.717, 1.165) is 19.3 Å². The number of aromatic nitrogens is 3. The molecule has 2 rings (SSSR count). The van der Waals surface area contributed by atoms with E-state index in [1.165, 1.54) is 0 Å². The number of hydrogen-bond acceptors (Lipinski definition) is 7. The average Bonchev–Trinajstić information content (AvgIpc) is 3.19. The van der Waals surface area contributed by atoms with Crippen LogP contribution in [-0.4, -0.2) is 47.1 Å². The molecule has 20 heavy (non-hydrogen) atoms. The van der Waals surface area contributed by atoms with Crippen LogP contribution in [-0.2, 0) is 4.79 Å². The van der Waals surface area contributed by atoms with Gasteiger partial charge in [0.05, 0.1) is 13.2 Å². The van der Waals surface area contributed by atoms with Crippen LogP contribution in [0, 0.1) is 0 Å². The van der Waals surface area contributed by atoms with E-state index in [4.69, 9.17) is 10.5 Å². The maximum absolute atomic E-state index is 11.7. The van der Waals surface area contributed by atoms with Crippen molar-refractivity contribution in [2.24, 2.45) is 0 Å². The molecule has 0 unspecified atom stereocenters. The molecule has 1 amide bonds. The zero-order valence-corrected chi connectivity index (χ0v) is 11.8. The predicted octanol–water partition coefficient (Wildman–Crippen LogP) is -0.0426. The Hall–Kier alpha value is -2.12. The smallest absolute Gasteiger partial charge is 0.323 e. The van der Waals surface area contributed by atoms with Gasteiger partial charge in [-0.25, -0.2) is 0 Å². The van der Waals surface area contributed by atoms with E-state index in [1.54, 1.807) is 11.9 Å². The lowest BCUT2D eigenvalue weighted by molar-refractivity contribution is -0.119. The molecule has 0 aliphatic heterocycles. The molecule has 0 radical (unpaired) electrons. The number of nitrogens with two attached hydrogens (primary N) is 1. The van der Waals surface area contributed by atoms with Crippen molar-refractivity contribution in [1.29, 1.82) is 0 Å². The Morgan fingerprint density at radius 3 is 2.85 bits per heavy atom. The molecule has 3 N–H and O–H groups in total. The lowest BCUT2D eigenvalue weighted by Gasteiger charge is -2.17. The van der Waals surface area contributed by atoms with E-state index in [-0.39, 0.29) is 24.4 Å². The number of carbonyl (C=O) groups is 1. The van der Waals surface area contributed by atoms with Crippen molar-refractivity contribution in [3.05, 3.63) is 0 Å². The number of rotatable bonds is 7. The van der Waals surface area contributed by atoms with Crippen molar-refractivity contribution < 1.29 is 9.53 Å². The van der Waals surface area contributed by atoms with Crippen molar-refractivity contribution in [1.82, 2.24) is 20.3 Å². The van der Waals surface area contributed by atoms with Crippen LogP contribution < -0.4 is 20.7 Å². The van der Waals surface area contributed by atoms with Crippen LogP contribution in [0.4, 0.5) is 11.9 Å². The maximum atomic E-state index is 11.7. The van der Waals surface area contributed by atoms with Crippen molar-refractivity contribution in [3.8, 4) is 6.01 Å². The SMILES string of the molecule is CCCOc1nc(N)nc(N(C)CC(=O)NC2CC2)n1. The summed E-state index contributed by atoms with van der Waals surface area (Å²) >= 11 is 0. The zero-order valence-electron chi connectivity index (χ0n) is 11.8. The Morgan fingerprint density at radius 2 is 2.20 bits per heavy atom. The number of nitrogens with zero attached hydrogens (tertiary/aromatic N) is 4. The van der Waals surface area contributed by atoms with Gasteiger partial charge in [-0.2, -0.15) is 15.0 Å². The molecular weight excluding hydrogens is 260 g/mol. The quantitative estimate of drug-likeness (QED) is 0.721. The van der Waals surface area contributed by atoms with Gasteiger partial charge in [-0.15, -0.1) is 0 Å². The second-order valence-electron chi connectivity index (χ2n) is 4.82. The minimum Gasteiger partial charge on any atom is -0.463 e. The molecule has 8 nitrogen and oxygen atoms in total. The topological polar surface area (TPSA) is 106 Å². The minimum atomic E-state index is -0.0509. The monoisotopic (exact) mass is 280 g/mol. The van der Waals surface area contributed by atoms with Gasteiger partial charge >= 0.3 is 6.01 Å². The first-order chi connectivity index (χ1) is 9.58. The highest BCUT2D eigenvalue weighted by molar-refractivity contribution is 5.81. The summed E-state index contributed by atoms with van der Waals surface area (Å²) in [6.45, 7) is 2.67. The largest absolute Gasteiger partial charge is 0.463 e. The van der Waals surface area contributed by atoms with Crippen LogP contribution in [0.15, 0.2) is 0 Å². The molecule has 1 aliphatic carbocycles. The van der Waals surface area contributed by atoms with E-state index < -0.39 is 0 Å². The summed E-state index contributed by atoms with van der Waals surface area (Å²) in [6.07, 6.45) is 2.97. The second kappa shape index (κ2) is 6.36. The Balaban J connectivity index is 1.98. The first-order valence-electron chi connectivity index (χ1n) is 6.73. The fraction of sp³-hybridized carbons (Fsp3) is 0.667. The molecule has 1 aromatic heterocycles. The lowest BCUT2D eigenvalue weighted by atomic mass is 10.5. The molecule has 1 fully saturated rings. The lowest BCUT2D eigenvalue weighted by Crippen LogP contribution is -2.37. The number of hydrogen-bond donors (Lipinski definition) is 2. The predicted molar refractivity (Wildman–Crippen MR) is 74.5 cm³/mol. The molecule has 1 aliphatic rings. The van der Waals surface area contributed by atoms with Crippen LogP contribution in [0.3, 0.4) is 0 Å². The van der Waals surface area contributed by atoms with Crippen LogP contribution in [0.25, 0.3) is 0 Å². The number of nitrogen functional groups attached to an aromatic ring is 1. The highest BCUT2D eigenvalue weighted by Gasteiger charge is 2.24. The fourth-order valence-electron chi connectivity index (χ4n) is 1.58. The third kappa shape index (κ3) is 4.22. The Labute approximate surface area is 117 Å². The van der Waals surface area contributed by atoms with E-state index in [9.17, 15) is 4.79 Å². The highest BCUT2D eigenvalue weighted by atomic mass is 16.5. The van der Waals surface area contributed by atoms with Gasteiger partial charge in [-0.3, -0.25) is 4.79 Å². The third-order valence-corrected chi connectivity index (χ3v) is 2.72. The molecule has 110 valence electrons. The number of anilines is 2. The van der Waals surface area contributed by atoms with Gasteiger partial charge < -0.3 is 20.7 Å². The summed E-state index contributed by atoms with van der Waals surface area (Å²) in [5, 5.41) is 2.90. The van der Waals surface area contributed by atoms with Gasteiger partial charge in [0.15, 0.2) is 0 Å². The summed E-state index contributed by atoms with van der Waals surface area (Å²) in [6, 6.07) is 0.520. The van der Waals surface area contributed by atoms with E-state index >= 15 is 0 Å². The van der Waals surface area contributed by atoms with Gasteiger partial charge in [-0.05, 0) is 19.3 Å². The van der Waals surface area contributed by atoms with E-state index in [2.05, 4.69) is 20.3 Å². The number of ether oxygens (including phenoxy) is 1. The molecule has 1 heterocycles. The van der Waals surface area contributed by atoms with Gasteiger partial charge in [0, 0.05) is 13.1 Å². The normalized spacial score (nSPS) is 13.9. The first-order valence-corrected chi connectivity index (χ1v) is 6.73. The van der Waals surface area contributed by atoms with Gasteiger partial charge in [0.25, 0.3) is 0 Å². The van der Waals surface area contributed by atoms with Crippen LogP contribution >= 0.6 is 0 Å². The zero-order chi connectivity index (χ0) is 14.5. The molecule has 0 spiro atoms. The summed E-state index contributed by atoms with van der Waals surface area (Å²) in [5.41, 5.74) is 5.62. The van der Waals surface area contributed by atoms with E-state index in [0.29, 0.717) is 18.6 Å². The maximum Gasteiger partial charge on any atom is 0.323 e. The van der Waals surface area contributed by atoms with Crippen LogP contribution in [0.2, 0.25) is 0 Å². The van der Waals surface area contributed by atoms with Crippen LogP contribution in [0.5, 0.6) is 6.01 Å². The molecule has 0 atom stereocenters. The number of likely N-dealkylation sites (N-methyl/N-ethyl adjacent to an activating group) is 1. The number of nitrogens with one attached hydrogen (secondary N) is 1. The third-order valence-electron chi connectivity index (χ3n) is 2.72. The second-order valence-corrected chi connectivity index (χ2v) is 4.82. The Bertz CT molecular complexity index is 477. The van der Waals surface area contributed by atoms with E-state index in [1.807, 2.05) is 6.92 Å². The van der Waals surface area contributed by atoms with Crippen LogP contribution in [0.1, 0.15) is 26.2 Å². The van der Waals surface area contributed by atoms with Gasteiger partial charge in [-0.1, -0.05) is 6.92 Å². The molecular formula is C12H20N6O2.